The van der Waals surface area contributed by atoms with Crippen LogP contribution in [-0.4, -0.2) is 28.3 Å². The number of rotatable bonds is 6. The van der Waals surface area contributed by atoms with Crippen molar-refractivity contribution in [2.75, 3.05) is 7.11 Å². The first-order chi connectivity index (χ1) is 15.4. The average molecular weight is 453 g/mol. The molecule has 0 saturated carbocycles. The first-order valence-corrected chi connectivity index (χ1v) is 10.0. The number of aromatic nitrogens is 2. The molecule has 0 bridgehead atoms. The molecular weight excluding hydrogens is 435 g/mol. The van der Waals surface area contributed by atoms with Gasteiger partial charge in [0.15, 0.2) is 0 Å². The Hall–Kier alpha value is -3.55. The molecule has 1 N–H and O–H groups in total. The molecule has 162 valence electrons. The summed E-state index contributed by atoms with van der Waals surface area (Å²) in [6.45, 7) is 2.42. The van der Waals surface area contributed by atoms with E-state index >= 15 is 0 Å². The van der Waals surface area contributed by atoms with Crippen LogP contribution in [0.4, 0.5) is 4.39 Å². The second-order valence-corrected chi connectivity index (χ2v) is 7.57. The Morgan fingerprint density at radius 1 is 1.12 bits per heavy atom. The van der Waals surface area contributed by atoms with E-state index < -0.39 is 11.8 Å². The Morgan fingerprint density at radius 2 is 1.91 bits per heavy atom. The minimum atomic E-state index is -1.33. The number of methoxy groups -OCH3 is 1. The highest BCUT2D eigenvalue weighted by atomic mass is 35.5. The molecule has 4 aromatic rings. The predicted octanol–water partition coefficient (Wildman–Crippen LogP) is 6.02. The Bertz CT molecular complexity index is 1320. The van der Waals surface area contributed by atoms with E-state index in [0.717, 1.165) is 28.3 Å². The SMILES string of the molecule is COCc1cc(-c2nc(-c3cc(Cl)c(C(=O)O)cc3F)no2)ccc1-c1ccccc1C. The summed E-state index contributed by atoms with van der Waals surface area (Å²) in [5, 5.41) is 12.8. The van der Waals surface area contributed by atoms with Gasteiger partial charge < -0.3 is 14.4 Å². The van der Waals surface area contributed by atoms with Crippen molar-refractivity contribution < 1.29 is 23.6 Å². The Kier molecular flexibility index (Phi) is 6.03. The summed E-state index contributed by atoms with van der Waals surface area (Å²) in [7, 11) is 1.62. The number of ether oxygens (including phenoxy) is 1. The second kappa shape index (κ2) is 8.90. The number of carboxylic acids is 1. The fourth-order valence-electron chi connectivity index (χ4n) is 3.47. The number of nitrogens with zero attached hydrogens (tertiary/aromatic N) is 2. The molecule has 0 amide bonds. The highest BCUT2D eigenvalue weighted by molar-refractivity contribution is 6.33. The van der Waals surface area contributed by atoms with Gasteiger partial charge in [0.1, 0.15) is 5.82 Å². The molecule has 3 aromatic carbocycles. The van der Waals surface area contributed by atoms with E-state index in [1.807, 2.05) is 49.4 Å². The van der Waals surface area contributed by atoms with E-state index in [0.29, 0.717) is 12.2 Å². The maximum absolute atomic E-state index is 14.5. The van der Waals surface area contributed by atoms with E-state index in [1.165, 1.54) is 6.07 Å². The summed E-state index contributed by atoms with van der Waals surface area (Å²) >= 11 is 5.97. The standard InChI is InChI=1S/C24H18ClFN2O4/c1-13-5-3-4-6-16(13)17-8-7-14(9-15(17)12-31-2)23-27-22(28-32-23)19-10-20(25)18(24(29)30)11-21(19)26/h3-11H,12H2,1-2H3,(H,29,30). The molecular formula is C24H18ClFN2O4. The van der Waals surface area contributed by atoms with E-state index in [-0.39, 0.29) is 27.9 Å². The zero-order valence-corrected chi connectivity index (χ0v) is 18.0. The summed E-state index contributed by atoms with van der Waals surface area (Å²) in [4.78, 5) is 15.4. The Labute approximate surface area is 188 Å². The summed E-state index contributed by atoms with van der Waals surface area (Å²) in [6.07, 6.45) is 0. The number of carboxylic acid groups (broad SMARTS) is 1. The van der Waals surface area contributed by atoms with Crippen LogP contribution in [0.1, 0.15) is 21.5 Å². The maximum Gasteiger partial charge on any atom is 0.337 e. The van der Waals surface area contributed by atoms with Gasteiger partial charge in [-0.25, -0.2) is 9.18 Å². The molecule has 1 aromatic heterocycles. The van der Waals surface area contributed by atoms with E-state index in [4.69, 9.17) is 26.0 Å². The van der Waals surface area contributed by atoms with Crippen molar-refractivity contribution in [3.63, 3.8) is 0 Å². The fourth-order valence-corrected chi connectivity index (χ4v) is 3.72. The van der Waals surface area contributed by atoms with Gasteiger partial charge in [-0.15, -0.1) is 0 Å². The minimum absolute atomic E-state index is 0.0346. The van der Waals surface area contributed by atoms with Crippen molar-refractivity contribution in [2.24, 2.45) is 0 Å². The molecule has 1 heterocycles. The van der Waals surface area contributed by atoms with Crippen LogP contribution >= 0.6 is 11.6 Å². The zero-order valence-electron chi connectivity index (χ0n) is 17.2. The van der Waals surface area contributed by atoms with Crippen LogP contribution in [0.3, 0.4) is 0 Å². The van der Waals surface area contributed by atoms with Gasteiger partial charge in [0.05, 0.1) is 22.8 Å². The van der Waals surface area contributed by atoms with Crippen LogP contribution in [0, 0.1) is 12.7 Å². The number of carbonyl (C=O) groups is 1. The highest BCUT2D eigenvalue weighted by Crippen LogP contribution is 2.33. The molecule has 0 aliphatic heterocycles. The van der Waals surface area contributed by atoms with Crippen molar-refractivity contribution in [1.82, 2.24) is 10.1 Å². The lowest BCUT2D eigenvalue weighted by Gasteiger charge is -2.12. The first kappa shape index (κ1) is 21.7. The molecule has 4 rings (SSSR count). The van der Waals surface area contributed by atoms with E-state index in [2.05, 4.69) is 10.1 Å². The highest BCUT2D eigenvalue weighted by Gasteiger charge is 2.20. The molecule has 0 radical (unpaired) electrons. The maximum atomic E-state index is 14.5. The quantitative estimate of drug-likeness (QED) is 0.385. The normalized spacial score (nSPS) is 11.0. The van der Waals surface area contributed by atoms with Gasteiger partial charge in [-0.1, -0.05) is 47.1 Å². The third kappa shape index (κ3) is 4.12. The van der Waals surface area contributed by atoms with Crippen molar-refractivity contribution in [2.45, 2.75) is 13.5 Å². The van der Waals surface area contributed by atoms with Crippen LogP contribution in [-0.2, 0) is 11.3 Å². The minimum Gasteiger partial charge on any atom is -0.478 e. The monoisotopic (exact) mass is 452 g/mol. The van der Waals surface area contributed by atoms with Gasteiger partial charge in [-0.05, 0) is 53.4 Å². The summed E-state index contributed by atoms with van der Waals surface area (Å²) in [5.41, 5.74) is 4.43. The van der Waals surface area contributed by atoms with Gasteiger partial charge in [-0.3, -0.25) is 0 Å². The molecule has 0 spiro atoms. The number of aromatic carboxylic acids is 1. The van der Waals surface area contributed by atoms with Gasteiger partial charge in [0.25, 0.3) is 5.89 Å². The number of hydrogen-bond acceptors (Lipinski definition) is 5. The summed E-state index contributed by atoms with van der Waals surface area (Å²) in [6, 6.07) is 15.7. The third-order valence-corrected chi connectivity index (χ3v) is 5.35. The summed E-state index contributed by atoms with van der Waals surface area (Å²) in [5.74, 6) is -1.98. The lowest BCUT2D eigenvalue weighted by Crippen LogP contribution is -2.00. The number of aryl methyl sites for hydroxylation is 1. The predicted molar refractivity (Wildman–Crippen MR) is 118 cm³/mol. The van der Waals surface area contributed by atoms with Crippen LogP contribution in [0.5, 0.6) is 0 Å². The van der Waals surface area contributed by atoms with Crippen LogP contribution in [0.2, 0.25) is 5.02 Å². The van der Waals surface area contributed by atoms with Crippen molar-refractivity contribution in [3.8, 4) is 34.0 Å². The smallest absolute Gasteiger partial charge is 0.337 e. The van der Waals surface area contributed by atoms with Crippen LogP contribution < -0.4 is 0 Å². The average Bonchev–Trinajstić information content (AvgIpc) is 3.26. The Balaban J connectivity index is 1.73. The van der Waals surface area contributed by atoms with Gasteiger partial charge in [0.2, 0.25) is 5.82 Å². The third-order valence-electron chi connectivity index (χ3n) is 5.04. The number of hydrogen-bond donors (Lipinski definition) is 1. The van der Waals surface area contributed by atoms with E-state index in [1.54, 1.807) is 7.11 Å². The van der Waals surface area contributed by atoms with Crippen molar-refractivity contribution >= 4 is 17.6 Å². The number of benzene rings is 3. The molecule has 0 unspecified atom stereocenters. The molecule has 32 heavy (non-hydrogen) atoms. The fraction of sp³-hybridized carbons (Fsp3) is 0.125. The number of halogens is 2. The van der Waals surface area contributed by atoms with Crippen LogP contribution in [0.15, 0.2) is 59.1 Å². The second-order valence-electron chi connectivity index (χ2n) is 7.16. The van der Waals surface area contributed by atoms with Gasteiger partial charge in [-0.2, -0.15) is 4.98 Å². The largest absolute Gasteiger partial charge is 0.478 e. The van der Waals surface area contributed by atoms with E-state index in [9.17, 15) is 9.18 Å². The molecule has 0 atom stereocenters. The first-order valence-electron chi connectivity index (χ1n) is 9.63. The van der Waals surface area contributed by atoms with Gasteiger partial charge >= 0.3 is 5.97 Å². The molecule has 0 aliphatic carbocycles. The van der Waals surface area contributed by atoms with Crippen molar-refractivity contribution in [3.05, 3.63) is 82.1 Å². The molecule has 6 nitrogen and oxygen atoms in total. The molecule has 0 saturated heterocycles. The van der Waals surface area contributed by atoms with Crippen LogP contribution in [0.25, 0.3) is 34.0 Å². The molecule has 8 heteroatoms. The zero-order chi connectivity index (χ0) is 22.8. The molecule has 0 aliphatic rings. The topological polar surface area (TPSA) is 85.5 Å². The molecule has 0 fully saturated rings. The Morgan fingerprint density at radius 3 is 2.62 bits per heavy atom. The lowest BCUT2D eigenvalue weighted by molar-refractivity contribution is 0.0696. The van der Waals surface area contributed by atoms with Crippen molar-refractivity contribution in [1.29, 1.82) is 0 Å². The van der Waals surface area contributed by atoms with Gasteiger partial charge in [0, 0.05) is 12.7 Å². The lowest BCUT2D eigenvalue weighted by atomic mass is 9.94. The summed E-state index contributed by atoms with van der Waals surface area (Å²) < 4.78 is 25.2.